The molecule has 2 heterocycles. The van der Waals surface area contributed by atoms with Crippen molar-refractivity contribution in [1.82, 2.24) is 10.3 Å². The predicted molar refractivity (Wildman–Crippen MR) is 98.4 cm³/mol. The molecule has 0 saturated carbocycles. The molecule has 1 aliphatic rings. The Labute approximate surface area is 150 Å². The number of amides is 2. The van der Waals surface area contributed by atoms with Gasteiger partial charge < -0.3 is 4.74 Å². The van der Waals surface area contributed by atoms with E-state index in [9.17, 15) is 9.59 Å². The highest BCUT2D eigenvalue weighted by atomic mass is 32.2. The molecule has 1 aromatic carbocycles. The van der Waals surface area contributed by atoms with Crippen LogP contribution in [-0.4, -0.2) is 22.7 Å². The predicted octanol–water partition coefficient (Wildman–Crippen LogP) is 3.59. The number of hydrogen-bond acceptors (Lipinski definition) is 5. The minimum Gasteiger partial charge on any atom is -0.493 e. The monoisotopic (exact) mass is 354 g/mol. The lowest BCUT2D eigenvalue weighted by Crippen LogP contribution is -2.17. The van der Waals surface area contributed by atoms with Crippen LogP contribution in [0, 0.1) is 0 Å². The second kappa shape index (κ2) is 7.98. The fourth-order valence-electron chi connectivity index (χ4n) is 2.32. The molecule has 1 fully saturated rings. The highest BCUT2D eigenvalue weighted by Crippen LogP contribution is 2.26. The first kappa shape index (κ1) is 17.2. The van der Waals surface area contributed by atoms with Crippen LogP contribution in [0.4, 0.5) is 4.79 Å². The second-order valence-electron chi connectivity index (χ2n) is 5.53. The number of hydrogen-bond donors (Lipinski definition) is 1. The van der Waals surface area contributed by atoms with Gasteiger partial charge in [-0.15, -0.1) is 0 Å². The first-order valence-electron chi connectivity index (χ1n) is 8.05. The van der Waals surface area contributed by atoms with Gasteiger partial charge in [-0.1, -0.05) is 25.1 Å². The Bertz CT molecular complexity index is 798. The maximum atomic E-state index is 11.5. The number of benzene rings is 1. The van der Waals surface area contributed by atoms with Crippen molar-refractivity contribution in [3.63, 3.8) is 0 Å². The van der Waals surface area contributed by atoms with Crippen LogP contribution in [0.5, 0.6) is 5.75 Å². The van der Waals surface area contributed by atoms with Crippen molar-refractivity contribution in [3.8, 4) is 5.75 Å². The molecule has 0 unspecified atom stereocenters. The molecule has 6 heteroatoms. The van der Waals surface area contributed by atoms with E-state index < -0.39 is 0 Å². The van der Waals surface area contributed by atoms with Gasteiger partial charge in [0.05, 0.1) is 11.5 Å². The second-order valence-corrected chi connectivity index (χ2v) is 6.55. The summed E-state index contributed by atoms with van der Waals surface area (Å²) >= 11 is 0.910. The molecule has 0 atom stereocenters. The van der Waals surface area contributed by atoms with Crippen molar-refractivity contribution in [2.24, 2.45) is 0 Å². The zero-order valence-corrected chi connectivity index (χ0v) is 14.6. The molecule has 1 aliphatic heterocycles. The van der Waals surface area contributed by atoms with Gasteiger partial charge in [0, 0.05) is 18.3 Å². The molecular formula is C19H18N2O3S. The molecule has 0 aliphatic carbocycles. The van der Waals surface area contributed by atoms with E-state index in [1.165, 1.54) is 5.56 Å². The van der Waals surface area contributed by atoms with Crippen molar-refractivity contribution >= 4 is 29.0 Å². The molecule has 0 radical (unpaired) electrons. The van der Waals surface area contributed by atoms with Gasteiger partial charge in [-0.3, -0.25) is 19.9 Å². The van der Waals surface area contributed by atoms with Crippen molar-refractivity contribution < 1.29 is 14.3 Å². The summed E-state index contributed by atoms with van der Waals surface area (Å²) in [5.41, 5.74) is 3.08. The molecular weight excluding hydrogens is 336 g/mol. The zero-order chi connectivity index (χ0) is 17.6. The van der Waals surface area contributed by atoms with E-state index in [4.69, 9.17) is 4.74 Å². The molecule has 1 N–H and O–H groups in total. The lowest BCUT2D eigenvalue weighted by atomic mass is 10.2. The first-order chi connectivity index (χ1) is 12.1. The minimum atomic E-state index is -0.350. The van der Waals surface area contributed by atoms with Crippen LogP contribution >= 0.6 is 11.8 Å². The Morgan fingerprint density at radius 2 is 1.96 bits per heavy atom. The number of carbonyl (C=O) groups excluding carboxylic acids is 2. The number of thioether (sulfide) groups is 1. The van der Waals surface area contributed by atoms with E-state index in [0.29, 0.717) is 11.5 Å². The van der Waals surface area contributed by atoms with E-state index in [0.717, 1.165) is 41.6 Å². The lowest BCUT2D eigenvalue weighted by Gasteiger charge is -2.07. The largest absolute Gasteiger partial charge is 0.493 e. The van der Waals surface area contributed by atoms with E-state index in [2.05, 4.69) is 23.3 Å². The molecule has 2 aromatic rings. The molecule has 0 spiro atoms. The quantitative estimate of drug-likeness (QED) is 0.803. The van der Waals surface area contributed by atoms with E-state index in [1.807, 2.05) is 36.5 Å². The number of carbonyl (C=O) groups is 2. The smallest absolute Gasteiger partial charge is 0.290 e. The van der Waals surface area contributed by atoms with Crippen LogP contribution in [0.25, 0.3) is 6.08 Å². The average molecular weight is 354 g/mol. The van der Waals surface area contributed by atoms with E-state index in [-0.39, 0.29) is 11.1 Å². The van der Waals surface area contributed by atoms with Crippen LogP contribution in [0.1, 0.15) is 23.7 Å². The van der Waals surface area contributed by atoms with Crippen LogP contribution in [0.15, 0.2) is 47.5 Å². The lowest BCUT2D eigenvalue weighted by molar-refractivity contribution is -0.115. The Hall–Kier alpha value is -2.60. The standard InChI is InChI=1S/C19H18N2O3S/c1-2-13-3-6-15(20-12-13)9-10-24-16-7-4-14(5-8-16)11-17-18(22)21-19(23)25-17/h3-8,11-12H,2,9-10H2,1H3,(H,21,22,23). The molecule has 25 heavy (non-hydrogen) atoms. The first-order valence-corrected chi connectivity index (χ1v) is 8.87. The van der Waals surface area contributed by atoms with Crippen molar-refractivity contribution in [2.45, 2.75) is 19.8 Å². The summed E-state index contributed by atoms with van der Waals surface area (Å²) in [6, 6.07) is 11.5. The van der Waals surface area contributed by atoms with Gasteiger partial charge in [0.2, 0.25) is 0 Å². The summed E-state index contributed by atoms with van der Waals surface area (Å²) in [5.74, 6) is 0.406. The summed E-state index contributed by atoms with van der Waals surface area (Å²) in [6.07, 6.45) is 5.32. The highest BCUT2D eigenvalue weighted by molar-refractivity contribution is 8.18. The minimum absolute atomic E-state index is 0.336. The molecule has 0 bridgehead atoms. The fourth-order valence-corrected chi connectivity index (χ4v) is 3.00. The van der Waals surface area contributed by atoms with E-state index >= 15 is 0 Å². The molecule has 1 saturated heterocycles. The Balaban J connectivity index is 1.53. The van der Waals surface area contributed by atoms with Gasteiger partial charge in [0.15, 0.2) is 0 Å². The van der Waals surface area contributed by atoms with Crippen LogP contribution < -0.4 is 10.1 Å². The highest BCUT2D eigenvalue weighted by Gasteiger charge is 2.24. The SMILES string of the molecule is CCc1ccc(CCOc2ccc(C=C3SC(=O)NC3=O)cc2)nc1. The number of rotatable bonds is 6. The molecule has 1 aromatic heterocycles. The van der Waals surface area contributed by atoms with Gasteiger partial charge in [0.1, 0.15) is 5.75 Å². The molecule has 2 amide bonds. The third-order valence-electron chi connectivity index (χ3n) is 3.74. The van der Waals surface area contributed by atoms with E-state index in [1.54, 1.807) is 6.08 Å². The summed E-state index contributed by atoms with van der Waals surface area (Å²) in [6.45, 7) is 2.65. The number of nitrogens with one attached hydrogen (secondary N) is 1. The summed E-state index contributed by atoms with van der Waals surface area (Å²) in [7, 11) is 0. The van der Waals surface area contributed by atoms with Gasteiger partial charge >= 0.3 is 0 Å². The fraction of sp³-hybridized carbons (Fsp3) is 0.211. The number of ether oxygens (including phenoxy) is 1. The van der Waals surface area contributed by atoms with Crippen molar-refractivity contribution in [2.75, 3.05) is 6.61 Å². The van der Waals surface area contributed by atoms with Crippen LogP contribution in [0.3, 0.4) is 0 Å². The molecule has 5 nitrogen and oxygen atoms in total. The van der Waals surface area contributed by atoms with Crippen LogP contribution in [-0.2, 0) is 17.6 Å². The van der Waals surface area contributed by atoms with Crippen molar-refractivity contribution in [3.05, 3.63) is 64.3 Å². The third-order valence-corrected chi connectivity index (χ3v) is 4.55. The van der Waals surface area contributed by atoms with Gasteiger partial charge in [0.25, 0.3) is 11.1 Å². The average Bonchev–Trinajstić information content (AvgIpc) is 2.94. The van der Waals surface area contributed by atoms with Crippen LogP contribution in [0.2, 0.25) is 0 Å². The maximum Gasteiger partial charge on any atom is 0.290 e. The number of nitrogens with zero attached hydrogens (tertiary/aromatic N) is 1. The maximum absolute atomic E-state index is 11.5. The normalized spacial score (nSPS) is 15.5. The topological polar surface area (TPSA) is 68.3 Å². The van der Waals surface area contributed by atoms with Gasteiger partial charge in [-0.25, -0.2) is 0 Å². The summed E-state index contributed by atoms with van der Waals surface area (Å²) in [5, 5.41) is 1.90. The summed E-state index contributed by atoms with van der Waals surface area (Å²) in [4.78, 5) is 27.5. The van der Waals surface area contributed by atoms with Gasteiger partial charge in [-0.05, 0) is 53.6 Å². The Kier molecular flexibility index (Phi) is 5.50. The van der Waals surface area contributed by atoms with Crippen molar-refractivity contribution in [1.29, 1.82) is 0 Å². The summed E-state index contributed by atoms with van der Waals surface area (Å²) < 4.78 is 5.73. The molecule has 3 rings (SSSR count). The number of pyridine rings is 1. The van der Waals surface area contributed by atoms with Gasteiger partial charge in [-0.2, -0.15) is 0 Å². The third kappa shape index (κ3) is 4.70. The number of aryl methyl sites for hydroxylation is 1. The number of aromatic nitrogens is 1. The molecule has 128 valence electrons. The zero-order valence-electron chi connectivity index (χ0n) is 13.8. The number of imide groups is 1. The Morgan fingerprint density at radius 1 is 1.16 bits per heavy atom. The Morgan fingerprint density at radius 3 is 2.56 bits per heavy atom.